The van der Waals surface area contributed by atoms with Crippen molar-refractivity contribution < 1.29 is 9.90 Å². The van der Waals surface area contributed by atoms with E-state index in [1.54, 1.807) is 0 Å². The lowest BCUT2D eigenvalue weighted by molar-refractivity contribution is -0.136. The molecule has 0 aliphatic carbocycles. The monoisotopic (exact) mass is 203 g/mol. The number of hydrogen-bond donors (Lipinski definition) is 2. The van der Waals surface area contributed by atoms with Gasteiger partial charge in [-0.05, 0) is 12.1 Å². The lowest BCUT2D eigenvalue weighted by atomic mass is 10.2. The first-order valence-electron chi connectivity index (χ1n) is 4.75. The third-order valence-corrected chi connectivity index (χ3v) is 1.74. The average molecular weight is 203 g/mol. The van der Waals surface area contributed by atoms with Crippen molar-refractivity contribution >= 4 is 5.97 Å². The highest BCUT2D eigenvalue weighted by atomic mass is 16.4. The van der Waals surface area contributed by atoms with Crippen LogP contribution in [0.3, 0.4) is 0 Å². The van der Waals surface area contributed by atoms with Crippen LogP contribution < -0.4 is 5.32 Å². The van der Waals surface area contributed by atoms with Crippen molar-refractivity contribution in [3.05, 3.63) is 35.9 Å². The molecule has 0 saturated carbocycles. The number of carbonyl (C=O) groups is 1. The zero-order chi connectivity index (χ0) is 10.9. The molecule has 0 spiro atoms. The van der Waals surface area contributed by atoms with E-state index >= 15 is 0 Å². The molecule has 0 bridgehead atoms. The molecule has 3 nitrogen and oxygen atoms in total. The topological polar surface area (TPSA) is 49.3 Å². The van der Waals surface area contributed by atoms with Crippen LogP contribution in [0, 0.1) is 11.8 Å². The lowest BCUT2D eigenvalue weighted by Gasteiger charge is -1.94. The summed E-state index contributed by atoms with van der Waals surface area (Å²) < 4.78 is 0. The smallest absolute Gasteiger partial charge is 0.304 e. The highest BCUT2D eigenvalue weighted by molar-refractivity contribution is 5.66. The van der Waals surface area contributed by atoms with Gasteiger partial charge in [0.15, 0.2) is 0 Å². The predicted octanol–water partition coefficient (Wildman–Crippen LogP) is 1.10. The molecular weight excluding hydrogens is 190 g/mol. The maximum atomic E-state index is 10.2. The van der Waals surface area contributed by atoms with Gasteiger partial charge in [0.1, 0.15) is 0 Å². The number of aliphatic carboxylic acids is 1. The molecule has 0 aromatic heterocycles. The SMILES string of the molecule is O=C(O)CCNCC#Cc1ccccc1. The molecule has 1 aromatic rings. The van der Waals surface area contributed by atoms with E-state index < -0.39 is 5.97 Å². The number of nitrogens with one attached hydrogen (secondary N) is 1. The highest BCUT2D eigenvalue weighted by Crippen LogP contribution is 1.93. The number of benzene rings is 1. The van der Waals surface area contributed by atoms with E-state index in [0.29, 0.717) is 13.1 Å². The molecule has 0 heterocycles. The lowest BCUT2D eigenvalue weighted by Crippen LogP contribution is -2.18. The Morgan fingerprint density at radius 1 is 1.33 bits per heavy atom. The summed E-state index contributed by atoms with van der Waals surface area (Å²) in [4.78, 5) is 10.2. The minimum atomic E-state index is -0.793. The molecule has 3 heteroatoms. The molecule has 0 fully saturated rings. The van der Waals surface area contributed by atoms with E-state index in [1.807, 2.05) is 30.3 Å². The molecule has 15 heavy (non-hydrogen) atoms. The van der Waals surface area contributed by atoms with Crippen LogP contribution in [0.1, 0.15) is 12.0 Å². The summed E-state index contributed by atoms with van der Waals surface area (Å²) in [6.45, 7) is 0.973. The van der Waals surface area contributed by atoms with E-state index in [0.717, 1.165) is 5.56 Å². The fourth-order valence-electron chi connectivity index (χ4n) is 1.01. The van der Waals surface area contributed by atoms with Gasteiger partial charge in [-0.15, -0.1) is 0 Å². The molecule has 0 amide bonds. The standard InChI is InChI=1S/C12H13NO2/c14-12(15)8-10-13-9-4-7-11-5-2-1-3-6-11/h1-3,5-6,13H,8-10H2,(H,14,15). The first kappa shape index (κ1) is 11.3. The number of rotatable bonds is 4. The van der Waals surface area contributed by atoms with Crippen molar-refractivity contribution in [1.29, 1.82) is 0 Å². The van der Waals surface area contributed by atoms with Gasteiger partial charge in [-0.25, -0.2) is 0 Å². The van der Waals surface area contributed by atoms with Gasteiger partial charge in [-0.1, -0.05) is 30.0 Å². The van der Waals surface area contributed by atoms with E-state index in [4.69, 9.17) is 5.11 Å². The van der Waals surface area contributed by atoms with Gasteiger partial charge >= 0.3 is 5.97 Å². The summed E-state index contributed by atoms with van der Waals surface area (Å²) in [7, 11) is 0. The van der Waals surface area contributed by atoms with E-state index in [-0.39, 0.29) is 6.42 Å². The average Bonchev–Trinajstić information content (AvgIpc) is 2.24. The molecule has 0 saturated heterocycles. The second-order valence-electron chi connectivity index (χ2n) is 2.99. The van der Waals surface area contributed by atoms with E-state index in [2.05, 4.69) is 17.2 Å². The van der Waals surface area contributed by atoms with Crippen molar-refractivity contribution in [2.75, 3.05) is 13.1 Å². The summed E-state index contributed by atoms with van der Waals surface area (Å²) in [6.07, 6.45) is 0.132. The van der Waals surface area contributed by atoms with Gasteiger partial charge in [0.25, 0.3) is 0 Å². The normalized spacial score (nSPS) is 9.07. The van der Waals surface area contributed by atoms with Crippen LogP contribution in [0.15, 0.2) is 30.3 Å². The third-order valence-electron chi connectivity index (χ3n) is 1.74. The number of carboxylic acids is 1. The second-order valence-corrected chi connectivity index (χ2v) is 2.99. The molecular formula is C12H13NO2. The first-order chi connectivity index (χ1) is 7.29. The van der Waals surface area contributed by atoms with Crippen LogP contribution >= 0.6 is 0 Å². The maximum absolute atomic E-state index is 10.2. The Morgan fingerprint density at radius 2 is 2.07 bits per heavy atom. The van der Waals surface area contributed by atoms with Gasteiger partial charge in [-0.3, -0.25) is 4.79 Å². The molecule has 0 aliphatic rings. The van der Waals surface area contributed by atoms with Crippen LogP contribution in [0.5, 0.6) is 0 Å². The van der Waals surface area contributed by atoms with Crippen LogP contribution in [0.2, 0.25) is 0 Å². The summed E-state index contributed by atoms with van der Waals surface area (Å²) in [5.41, 5.74) is 0.970. The predicted molar refractivity (Wildman–Crippen MR) is 58.4 cm³/mol. The Bertz CT molecular complexity index is 362. The first-order valence-corrected chi connectivity index (χ1v) is 4.75. The fourth-order valence-corrected chi connectivity index (χ4v) is 1.01. The van der Waals surface area contributed by atoms with Gasteiger partial charge < -0.3 is 10.4 Å². The summed E-state index contributed by atoms with van der Waals surface area (Å²) >= 11 is 0. The Kier molecular flexibility index (Phi) is 4.99. The number of hydrogen-bond acceptors (Lipinski definition) is 2. The Morgan fingerprint density at radius 3 is 2.73 bits per heavy atom. The van der Waals surface area contributed by atoms with Crippen LogP contribution in [0.25, 0.3) is 0 Å². The number of carboxylic acid groups (broad SMARTS) is 1. The van der Waals surface area contributed by atoms with Crippen molar-refractivity contribution in [2.24, 2.45) is 0 Å². The Balaban J connectivity index is 2.20. The minimum absolute atomic E-state index is 0.132. The van der Waals surface area contributed by atoms with Crippen molar-refractivity contribution in [2.45, 2.75) is 6.42 Å². The fraction of sp³-hybridized carbons (Fsp3) is 0.250. The zero-order valence-electron chi connectivity index (χ0n) is 8.36. The Hall–Kier alpha value is -1.79. The molecule has 78 valence electrons. The largest absolute Gasteiger partial charge is 0.481 e. The highest BCUT2D eigenvalue weighted by Gasteiger charge is 1.92. The van der Waals surface area contributed by atoms with Gasteiger partial charge in [0.05, 0.1) is 13.0 Å². The molecule has 2 N–H and O–H groups in total. The van der Waals surface area contributed by atoms with E-state index in [1.165, 1.54) is 0 Å². The quantitative estimate of drug-likeness (QED) is 0.569. The second kappa shape index (κ2) is 6.63. The Labute approximate surface area is 89.1 Å². The van der Waals surface area contributed by atoms with Crippen molar-refractivity contribution in [1.82, 2.24) is 5.32 Å². The van der Waals surface area contributed by atoms with Crippen LogP contribution in [-0.4, -0.2) is 24.2 Å². The summed E-state index contributed by atoms with van der Waals surface area (Å²) in [5.74, 6) is 5.10. The van der Waals surface area contributed by atoms with E-state index in [9.17, 15) is 4.79 Å². The summed E-state index contributed by atoms with van der Waals surface area (Å²) in [6, 6.07) is 9.68. The summed E-state index contributed by atoms with van der Waals surface area (Å²) in [5, 5.41) is 11.3. The minimum Gasteiger partial charge on any atom is -0.481 e. The van der Waals surface area contributed by atoms with Gasteiger partial charge in [0.2, 0.25) is 0 Å². The van der Waals surface area contributed by atoms with Crippen LogP contribution in [-0.2, 0) is 4.79 Å². The van der Waals surface area contributed by atoms with Crippen molar-refractivity contribution in [3.8, 4) is 11.8 Å². The van der Waals surface area contributed by atoms with Gasteiger partial charge in [0, 0.05) is 12.1 Å². The van der Waals surface area contributed by atoms with Crippen LogP contribution in [0.4, 0.5) is 0 Å². The molecule has 0 radical (unpaired) electrons. The van der Waals surface area contributed by atoms with Crippen molar-refractivity contribution in [3.63, 3.8) is 0 Å². The molecule has 1 rings (SSSR count). The molecule has 0 aliphatic heterocycles. The third kappa shape index (κ3) is 5.50. The molecule has 0 unspecified atom stereocenters. The maximum Gasteiger partial charge on any atom is 0.304 e. The molecule has 1 aromatic carbocycles. The molecule has 0 atom stereocenters. The zero-order valence-corrected chi connectivity index (χ0v) is 8.36. The van der Waals surface area contributed by atoms with Gasteiger partial charge in [-0.2, -0.15) is 0 Å².